The van der Waals surface area contributed by atoms with E-state index in [0.29, 0.717) is 16.9 Å². The number of fused-ring (bicyclic) bond motifs is 1. The van der Waals surface area contributed by atoms with Crippen LogP contribution >= 0.6 is 15.9 Å². The summed E-state index contributed by atoms with van der Waals surface area (Å²) in [5.41, 5.74) is 3.27. The highest BCUT2D eigenvalue weighted by Gasteiger charge is 2.15. The maximum absolute atomic E-state index is 12.7. The minimum Gasteiger partial charge on any atom is -0.322 e. The van der Waals surface area contributed by atoms with Crippen molar-refractivity contribution in [3.05, 3.63) is 98.5 Å². The molecule has 0 aliphatic carbocycles. The third kappa shape index (κ3) is 3.46. The summed E-state index contributed by atoms with van der Waals surface area (Å²) in [6.07, 6.45) is 4.85. The van der Waals surface area contributed by atoms with Gasteiger partial charge >= 0.3 is 0 Å². The predicted octanol–water partition coefficient (Wildman–Crippen LogP) is 4.68. The lowest BCUT2D eigenvalue weighted by molar-refractivity contribution is 0.104. The van der Waals surface area contributed by atoms with Gasteiger partial charge in [-0.05, 0) is 36.8 Å². The van der Waals surface area contributed by atoms with Crippen LogP contribution in [0.2, 0.25) is 0 Å². The highest BCUT2D eigenvalue weighted by Crippen LogP contribution is 2.21. The molecule has 0 amide bonds. The third-order valence-corrected chi connectivity index (χ3v) is 5.06. The molecule has 0 fully saturated rings. The summed E-state index contributed by atoms with van der Waals surface area (Å²) >= 11 is 3.39. The lowest BCUT2D eigenvalue weighted by Gasteiger charge is -2.08. The first-order chi connectivity index (χ1) is 13.5. The molecule has 2 aromatic heterocycles. The Labute approximate surface area is 169 Å². The van der Waals surface area contributed by atoms with E-state index in [1.165, 1.54) is 12.1 Å². The van der Waals surface area contributed by atoms with Gasteiger partial charge in [0.1, 0.15) is 0 Å². The fraction of sp³-hybridized carbons (Fsp3) is 0.0455. The molecule has 4 rings (SSSR count). The van der Waals surface area contributed by atoms with Crippen molar-refractivity contribution in [3.8, 4) is 5.69 Å². The number of allylic oxidation sites excluding steroid dienone is 1. The van der Waals surface area contributed by atoms with E-state index in [0.717, 1.165) is 20.9 Å². The van der Waals surface area contributed by atoms with Crippen LogP contribution in [0.1, 0.15) is 21.6 Å². The van der Waals surface area contributed by atoms with Gasteiger partial charge in [-0.15, -0.1) is 0 Å². The van der Waals surface area contributed by atoms with Crippen molar-refractivity contribution in [1.82, 2.24) is 14.8 Å². The van der Waals surface area contributed by atoms with Crippen molar-refractivity contribution in [3.63, 3.8) is 0 Å². The largest absolute Gasteiger partial charge is 0.322 e. The molecule has 0 spiro atoms. The minimum atomic E-state index is -0.216. The van der Waals surface area contributed by atoms with E-state index >= 15 is 0 Å². The van der Waals surface area contributed by atoms with E-state index < -0.39 is 0 Å². The Morgan fingerprint density at radius 3 is 2.68 bits per heavy atom. The van der Waals surface area contributed by atoms with Crippen LogP contribution in [0.15, 0.2) is 76.1 Å². The SMILES string of the molecule is Cc1c(C(=O)/C=C/c2ccc(Br)cc2)cnn1-c1cc(=O)[nH]c2ccccc12. The number of carbonyl (C=O) groups excluding carboxylic acids is 1. The van der Waals surface area contributed by atoms with Crippen LogP contribution in [0, 0.1) is 6.92 Å². The number of nitrogens with one attached hydrogen (secondary N) is 1. The number of carbonyl (C=O) groups is 1. The number of aromatic nitrogens is 3. The molecule has 1 N–H and O–H groups in total. The summed E-state index contributed by atoms with van der Waals surface area (Å²) in [6, 6.07) is 16.7. The van der Waals surface area contributed by atoms with Gasteiger partial charge in [0.2, 0.25) is 0 Å². The molecule has 6 heteroatoms. The number of rotatable bonds is 4. The molecule has 28 heavy (non-hydrogen) atoms. The second-order valence-corrected chi connectivity index (χ2v) is 7.28. The van der Waals surface area contributed by atoms with E-state index in [9.17, 15) is 9.59 Å². The Morgan fingerprint density at radius 1 is 1.14 bits per heavy atom. The van der Waals surface area contributed by atoms with E-state index in [-0.39, 0.29) is 11.3 Å². The molecule has 0 saturated carbocycles. The summed E-state index contributed by atoms with van der Waals surface area (Å²) in [6.45, 7) is 1.82. The Kier molecular flexibility index (Phi) is 4.79. The quantitative estimate of drug-likeness (QED) is 0.375. The van der Waals surface area contributed by atoms with Crippen molar-refractivity contribution in [2.24, 2.45) is 0 Å². The Bertz CT molecular complexity index is 1270. The summed E-state index contributed by atoms with van der Waals surface area (Å²) in [7, 11) is 0. The molecule has 0 unspecified atom stereocenters. The first-order valence-electron chi connectivity index (χ1n) is 8.68. The molecule has 0 radical (unpaired) electrons. The van der Waals surface area contributed by atoms with Crippen molar-refractivity contribution in [2.75, 3.05) is 0 Å². The van der Waals surface area contributed by atoms with Crippen LogP contribution in [0.5, 0.6) is 0 Å². The molecule has 0 aliphatic rings. The molecule has 0 aliphatic heterocycles. The van der Waals surface area contributed by atoms with Gasteiger partial charge in [0.05, 0.1) is 28.7 Å². The zero-order chi connectivity index (χ0) is 19.7. The van der Waals surface area contributed by atoms with E-state index in [1.54, 1.807) is 17.0 Å². The molecular weight excluding hydrogens is 418 g/mol. The smallest absolute Gasteiger partial charge is 0.250 e. The second kappa shape index (κ2) is 7.40. The lowest BCUT2D eigenvalue weighted by atomic mass is 10.1. The highest BCUT2D eigenvalue weighted by molar-refractivity contribution is 9.10. The molecule has 0 bridgehead atoms. The maximum Gasteiger partial charge on any atom is 0.250 e. The fourth-order valence-corrected chi connectivity index (χ4v) is 3.36. The van der Waals surface area contributed by atoms with E-state index in [2.05, 4.69) is 26.0 Å². The average molecular weight is 434 g/mol. The summed E-state index contributed by atoms with van der Waals surface area (Å²) in [5, 5.41) is 5.23. The number of para-hydroxylation sites is 1. The Hall–Kier alpha value is -3.25. The first kappa shape index (κ1) is 18.1. The number of benzene rings is 2. The van der Waals surface area contributed by atoms with Crippen molar-refractivity contribution in [2.45, 2.75) is 6.92 Å². The minimum absolute atomic E-state index is 0.138. The number of halogens is 1. The van der Waals surface area contributed by atoms with Crippen molar-refractivity contribution < 1.29 is 4.79 Å². The normalized spacial score (nSPS) is 11.4. The predicted molar refractivity (Wildman–Crippen MR) is 114 cm³/mol. The van der Waals surface area contributed by atoms with E-state index in [1.807, 2.05) is 55.5 Å². The number of hydrogen-bond donors (Lipinski definition) is 1. The molecule has 4 aromatic rings. The number of aromatic amines is 1. The number of H-pyrrole nitrogens is 1. The molecule has 138 valence electrons. The Morgan fingerprint density at radius 2 is 1.89 bits per heavy atom. The van der Waals surface area contributed by atoms with Gasteiger partial charge in [0.15, 0.2) is 5.78 Å². The third-order valence-electron chi connectivity index (χ3n) is 4.53. The van der Waals surface area contributed by atoms with Gasteiger partial charge < -0.3 is 4.98 Å². The van der Waals surface area contributed by atoms with Crippen molar-refractivity contribution >= 4 is 38.7 Å². The zero-order valence-corrected chi connectivity index (χ0v) is 16.6. The number of hydrogen-bond acceptors (Lipinski definition) is 3. The van der Waals surface area contributed by atoms with Gasteiger partial charge in [-0.3, -0.25) is 9.59 Å². The van der Waals surface area contributed by atoms with Gasteiger partial charge in [0, 0.05) is 15.9 Å². The number of nitrogens with zero attached hydrogens (tertiary/aromatic N) is 2. The standard InChI is InChI=1S/C22H16BrN3O2/c1-14-18(21(27)11-8-15-6-9-16(23)10-7-15)13-24-26(14)20-12-22(28)25-19-5-3-2-4-17(19)20/h2-13H,1H3,(H,25,28)/b11-8+. The fourth-order valence-electron chi connectivity index (χ4n) is 3.09. The molecular formula is C22H16BrN3O2. The first-order valence-corrected chi connectivity index (χ1v) is 9.47. The Balaban J connectivity index is 1.71. The molecule has 0 saturated heterocycles. The van der Waals surface area contributed by atoms with Gasteiger partial charge in [-0.1, -0.05) is 52.3 Å². The molecule has 2 heterocycles. The summed E-state index contributed by atoms with van der Waals surface area (Å²) in [4.78, 5) is 27.5. The molecule has 5 nitrogen and oxygen atoms in total. The summed E-state index contributed by atoms with van der Waals surface area (Å²) in [5.74, 6) is -0.138. The highest BCUT2D eigenvalue weighted by atomic mass is 79.9. The zero-order valence-electron chi connectivity index (χ0n) is 15.0. The van der Waals surface area contributed by atoms with Crippen LogP contribution < -0.4 is 5.56 Å². The summed E-state index contributed by atoms with van der Waals surface area (Å²) < 4.78 is 2.62. The van der Waals surface area contributed by atoms with Gasteiger partial charge in [-0.25, -0.2) is 4.68 Å². The molecule has 2 aromatic carbocycles. The van der Waals surface area contributed by atoms with E-state index in [4.69, 9.17) is 0 Å². The average Bonchev–Trinajstić information content (AvgIpc) is 3.08. The number of pyridine rings is 1. The number of ketones is 1. The van der Waals surface area contributed by atoms with Crippen LogP contribution in [0.4, 0.5) is 0 Å². The maximum atomic E-state index is 12.7. The van der Waals surface area contributed by atoms with Gasteiger partial charge in [-0.2, -0.15) is 5.10 Å². The van der Waals surface area contributed by atoms with Gasteiger partial charge in [0.25, 0.3) is 5.56 Å². The van der Waals surface area contributed by atoms with Crippen molar-refractivity contribution in [1.29, 1.82) is 0 Å². The van der Waals surface area contributed by atoms with Crippen LogP contribution in [0.3, 0.4) is 0 Å². The van der Waals surface area contributed by atoms with Crippen LogP contribution in [0.25, 0.3) is 22.7 Å². The monoisotopic (exact) mass is 433 g/mol. The molecule has 0 atom stereocenters. The lowest BCUT2D eigenvalue weighted by Crippen LogP contribution is -2.10. The second-order valence-electron chi connectivity index (χ2n) is 6.37. The topological polar surface area (TPSA) is 67.8 Å². The van der Waals surface area contributed by atoms with Crippen LogP contribution in [-0.4, -0.2) is 20.5 Å². The van der Waals surface area contributed by atoms with Crippen LogP contribution in [-0.2, 0) is 0 Å².